The second kappa shape index (κ2) is 5.89. The Labute approximate surface area is 112 Å². The van der Waals surface area contributed by atoms with Gasteiger partial charge >= 0.3 is 0 Å². The van der Waals surface area contributed by atoms with E-state index in [2.05, 4.69) is 15.3 Å². The van der Waals surface area contributed by atoms with Gasteiger partial charge in [0.2, 0.25) is 0 Å². The molecular formula is C15H18FN3. The molecule has 0 amide bonds. The molecule has 0 saturated carbocycles. The third-order valence-corrected chi connectivity index (χ3v) is 3.18. The minimum Gasteiger partial charge on any atom is -0.302 e. The lowest BCUT2D eigenvalue weighted by Gasteiger charge is -2.20. The molecule has 2 unspecified atom stereocenters. The molecule has 1 heterocycles. The van der Waals surface area contributed by atoms with Crippen molar-refractivity contribution in [1.82, 2.24) is 15.3 Å². The Kier molecular flexibility index (Phi) is 4.22. The van der Waals surface area contributed by atoms with Gasteiger partial charge in [-0.2, -0.15) is 0 Å². The fraction of sp³-hybridized carbons (Fsp3) is 0.333. The molecule has 2 atom stereocenters. The SMILES string of the molecule is Cc1nccnc1C(C)NC(C)c1cccc(F)c1. The lowest BCUT2D eigenvalue weighted by Crippen LogP contribution is -2.24. The normalized spacial score (nSPS) is 14.1. The van der Waals surface area contributed by atoms with Gasteiger partial charge in [0.05, 0.1) is 11.4 Å². The first-order valence-corrected chi connectivity index (χ1v) is 6.37. The molecule has 0 spiro atoms. The molecule has 2 aromatic rings. The van der Waals surface area contributed by atoms with Crippen molar-refractivity contribution < 1.29 is 4.39 Å². The number of nitrogens with zero attached hydrogens (tertiary/aromatic N) is 2. The maximum atomic E-state index is 13.2. The van der Waals surface area contributed by atoms with Crippen molar-refractivity contribution in [3.63, 3.8) is 0 Å². The van der Waals surface area contributed by atoms with Gasteiger partial charge in [-0.05, 0) is 38.5 Å². The standard InChI is InChI=1S/C15H18FN3/c1-10(13-5-4-6-14(16)9-13)19-12(3)15-11(2)17-7-8-18-15/h4-10,12,19H,1-3H3. The van der Waals surface area contributed by atoms with E-state index < -0.39 is 0 Å². The van der Waals surface area contributed by atoms with Crippen molar-refractivity contribution in [3.8, 4) is 0 Å². The average Bonchev–Trinajstić information content (AvgIpc) is 2.39. The van der Waals surface area contributed by atoms with Crippen molar-refractivity contribution in [2.24, 2.45) is 0 Å². The third kappa shape index (κ3) is 3.35. The van der Waals surface area contributed by atoms with Crippen molar-refractivity contribution in [1.29, 1.82) is 0 Å². The van der Waals surface area contributed by atoms with Gasteiger partial charge in [-0.15, -0.1) is 0 Å². The minimum atomic E-state index is -0.213. The van der Waals surface area contributed by atoms with E-state index in [-0.39, 0.29) is 17.9 Å². The number of aromatic nitrogens is 2. The number of halogens is 1. The van der Waals surface area contributed by atoms with Crippen LogP contribution in [0.2, 0.25) is 0 Å². The zero-order valence-corrected chi connectivity index (χ0v) is 11.4. The van der Waals surface area contributed by atoms with Crippen LogP contribution in [0.1, 0.15) is 42.9 Å². The molecule has 19 heavy (non-hydrogen) atoms. The van der Waals surface area contributed by atoms with E-state index >= 15 is 0 Å². The van der Waals surface area contributed by atoms with Gasteiger partial charge in [0.15, 0.2) is 0 Å². The number of hydrogen-bond acceptors (Lipinski definition) is 3. The largest absolute Gasteiger partial charge is 0.302 e. The molecule has 0 fully saturated rings. The number of hydrogen-bond donors (Lipinski definition) is 1. The molecule has 3 nitrogen and oxygen atoms in total. The molecule has 0 aliphatic carbocycles. The molecule has 0 aliphatic rings. The van der Waals surface area contributed by atoms with Crippen molar-refractivity contribution in [2.75, 3.05) is 0 Å². The summed E-state index contributed by atoms with van der Waals surface area (Å²) in [5.41, 5.74) is 2.76. The van der Waals surface area contributed by atoms with Crippen LogP contribution in [0.5, 0.6) is 0 Å². The first kappa shape index (κ1) is 13.6. The average molecular weight is 259 g/mol. The predicted octanol–water partition coefficient (Wildman–Crippen LogP) is 3.34. The van der Waals surface area contributed by atoms with Crippen LogP contribution in [0.25, 0.3) is 0 Å². The number of aryl methyl sites for hydroxylation is 1. The van der Waals surface area contributed by atoms with Crippen LogP contribution in [0.15, 0.2) is 36.7 Å². The fourth-order valence-corrected chi connectivity index (χ4v) is 2.17. The molecule has 1 aromatic carbocycles. The summed E-state index contributed by atoms with van der Waals surface area (Å²) in [6, 6.07) is 6.75. The van der Waals surface area contributed by atoms with E-state index in [0.717, 1.165) is 17.0 Å². The van der Waals surface area contributed by atoms with Gasteiger partial charge in [-0.25, -0.2) is 4.39 Å². The van der Waals surface area contributed by atoms with Gasteiger partial charge < -0.3 is 5.32 Å². The molecule has 0 aliphatic heterocycles. The van der Waals surface area contributed by atoms with Crippen LogP contribution in [-0.2, 0) is 0 Å². The summed E-state index contributed by atoms with van der Waals surface area (Å²) in [6.07, 6.45) is 3.37. The van der Waals surface area contributed by atoms with Crippen LogP contribution < -0.4 is 5.32 Å². The third-order valence-electron chi connectivity index (χ3n) is 3.18. The summed E-state index contributed by atoms with van der Waals surface area (Å²) in [4.78, 5) is 8.58. The van der Waals surface area contributed by atoms with E-state index in [1.807, 2.05) is 26.8 Å². The Morgan fingerprint density at radius 2 is 1.84 bits per heavy atom. The first-order valence-electron chi connectivity index (χ1n) is 6.37. The van der Waals surface area contributed by atoms with Crippen LogP contribution in [0.3, 0.4) is 0 Å². The molecular weight excluding hydrogens is 241 g/mol. The molecule has 4 heteroatoms. The maximum Gasteiger partial charge on any atom is 0.123 e. The highest BCUT2D eigenvalue weighted by Crippen LogP contribution is 2.19. The van der Waals surface area contributed by atoms with E-state index in [1.54, 1.807) is 24.5 Å². The smallest absolute Gasteiger partial charge is 0.123 e. The zero-order chi connectivity index (χ0) is 13.8. The quantitative estimate of drug-likeness (QED) is 0.915. The van der Waals surface area contributed by atoms with Gasteiger partial charge in [0.1, 0.15) is 5.82 Å². The monoisotopic (exact) mass is 259 g/mol. The van der Waals surface area contributed by atoms with E-state index in [4.69, 9.17) is 0 Å². The Morgan fingerprint density at radius 1 is 1.11 bits per heavy atom. The van der Waals surface area contributed by atoms with Crippen LogP contribution in [0.4, 0.5) is 4.39 Å². The Bertz CT molecular complexity index is 557. The van der Waals surface area contributed by atoms with Crippen molar-refractivity contribution in [3.05, 3.63) is 59.4 Å². The second-order valence-electron chi connectivity index (χ2n) is 4.69. The van der Waals surface area contributed by atoms with Gasteiger partial charge in [-0.1, -0.05) is 12.1 Å². The number of nitrogens with one attached hydrogen (secondary N) is 1. The van der Waals surface area contributed by atoms with Crippen molar-refractivity contribution >= 4 is 0 Å². The predicted molar refractivity (Wildman–Crippen MR) is 73.1 cm³/mol. The van der Waals surface area contributed by atoms with Crippen LogP contribution in [0, 0.1) is 12.7 Å². The highest BCUT2D eigenvalue weighted by molar-refractivity contribution is 5.20. The topological polar surface area (TPSA) is 37.8 Å². The Morgan fingerprint density at radius 3 is 2.53 bits per heavy atom. The molecule has 1 N–H and O–H groups in total. The molecule has 100 valence electrons. The summed E-state index contributed by atoms with van der Waals surface area (Å²) in [5, 5.41) is 3.41. The molecule has 0 bridgehead atoms. The van der Waals surface area contributed by atoms with E-state index in [9.17, 15) is 4.39 Å². The van der Waals surface area contributed by atoms with Gasteiger partial charge in [0.25, 0.3) is 0 Å². The van der Waals surface area contributed by atoms with Crippen LogP contribution in [-0.4, -0.2) is 9.97 Å². The van der Waals surface area contributed by atoms with E-state index in [0.29, 0.717) is 0 Å². The maximum absolute atomic E-state index is 13.2. The first-order chi connectivity index (χ1) is 9.08. The molecule has 1 aromatic heterocycles. The summed E-state index contributed by atoms with van der Waals surface area (Å²) >= 11 is 0. The zero-order valence-electron chi connectivity index (χ0n) is 11.4. The summed E-state index contributed by atoms with van der Waals surface area (Å²) in [5.74, 6) is -0.213. The number of rotatable bonds is 4. The number of benzene rings is 1. The second-order valence-corrected chi connectivity index (χ2v) is 4.69. The highest BCUT2D eigenvalue weighted by Gasteiger charge is 2.14. The summed E-state index contributed by atoms with van der Waals surface area (Å²) in [7, 11) is 0. The van der Waals surface area contributed by atoms with Gasteiger partial charge in [0, 0.05) is 24.5 Å². The Balaban J connectivity index is 2.11. The van der Waals surface area contributed by atoms with Crippen LogP contribution >= 0.6 is 0 Å². The Hall–Kier alpha value is -1.81. The molecule has 0 radical (unpaired) electrons. The lowest BCUT2D eigenvalue weighted by atomic mass is 10.1. The van der Waals surface area contributed by atoms with Gasteiger partial charge in [-0.3, -0.25) is 9.97 Å². The van der Waals surface area contributed by atoms with E-state index in [1.165, 1.54) is 6.07 Å². The highest BCUT2D eigenvalue weighted by atomic mass is 19.1. The lowest BCUT2D eigenvalue weighted by molar-refractivity contribution is 0.480. The molecule has 2 rings (SSSR count). The summed E-state index contributed by atoms with van der Waals surface area (Å²) in [6.45, 7) is 5.98. The molecule has 0 saturated heterocycles. The fourth-order valence-electron chi connectivity index (χ4n) is 2.17. The summed E-state index contributed by atoms with van der Waals surface area (Å²) < 4.78 is 13.2. The minimum absolute atomic E-state index is 0.0482. The van der Waals surface area contributed by atoms with Crippen molar-refractivity contribution in [2.45, 2.75) is 32.9 Å².